The molecule has 0 aliphatic rings. The molecule has 4 heteroatoms. The summed E-state index contributed by atoms with van der Waals surface area (Å²) in [6, 6.07) is 19.8. The molecule has 2 aromatic carbocycles. The van der Waals surface area contributed by atoms with Crippen LogP contribution in [0.15, 0.2) is 66.7 Å². The predicted octanol–water partition coefficient (Wildman–Crippen LogP) is 4.22. The van der Waals surface area contributed by atoms with Crippen molar-refractivity contribution in [3.8, 4) is 11.1 Å². The normalized spacial score (nSPS) is 10.4. The number of nitrogens with zero attached hydrogens (tertiary/aromatic N) is 1. The van der Waals surface area contributed by atoms with Gasteiger partial charge in [-0.2, -0.15) is 0 Å². The Morgan fingerprint density at radius 1 is 0.909 bits per heavy atom. The van der Waals surface area contributed by atoms with Crippen LogP contribution in [-0.2, 0) is 0 Å². The Bertz CT molecular complexity index is 814. The number of nitrogen functional groups attached to an aromatic ring is 1. The first-order chi connectivity index (χ1) is 10.6. The highest BCUT2D eigenvalue weighted by atomic mass is 35.5. The van der Waals surface area contributed by atoms with Gasteiger partial charge in [-0.3, -0.25) is 4.79 Å². The molecule has 0 fully saturated rings. The Morgan fingerprint density at radius 3 is 2.27 bits per heavy atom. The maximum Gasteiger partial charge on any atom is 0.212 e. The third-order valence-electron chi connectivity index (χ3n) is 3.32. The summed E-state index contributed by atoms with van der Waals surface area (Å²) in [6.45, 7) is 0. The van der Waals surface area contributed by atoms with Gasteiger partial charge in [0.2, 0.25) is 5.78 Å². The lowest BCUT2D eigenvalue weighted by atomic mass is 9.98. The summed E-state index contributed by atoms with van der Waals surface area (Å²) in [5, 5.41) is 0.642. The molecule has 0 amide bonds. The van der Waals surface area contributed by atoms with Crippen LogP contribution in [0.3, 0.4) is 0 Å². The number of halogens is 1. The molecule has 22 heavy (non-hydrogen) atoms. The summed E-state index contributed by atoms with van der Waals surface area (Å²) in [5.74, 6) is 0.162. The number of carbonyl (C=O) groups excluding carboxylic acids is 1. The summed E-state index contributed by atoms with van der Waals surface area (Å²) in [7, 11) is 0. The minimum absolute atomic E-state index is 0.155. The second-order valence-corrected chi connectivity index (χ2v) is 5.27. The van der Waals surface area contributed by atoms with E-state index in [2.05, 4.69) is 4.98 Å². The van der Waals surface area contributed by atoms with E-state index in [4.69, 9.17) is 17.3 Å². The molecule has 0 radical (unpaired) electrons. The molecule has 0 saturated carbocycles. The molecule has 3 aromatic rings. The molecule has 1 heterocycles. The van der Waals surface area contributed by atoms with Crippen molar-refractivity contribution in [1.82, 2.24) is 4.98 Å². The van der Waals surface area contributed by atoms with Crippen LogP contribution in [0.1, 0.15) is 16.1 Å². The molecule has 0 unspecified atom stereocenters. The molecule has 1 aromatic heterocycles. The van der Waals surface area contributed by atoms with Crippen LogP contribution in [0.2, 0.25) is 5.02 Å². The lowest BCUT2D eigenvalue weighted by Crippen LogP contribution is -2.08. The molecule has 0 aliphatic heterocycles. The number of nitrogens with two attached hydrogens (primary N) is 1. The smallest absolute Gasteiger partial charge is 0.212 e. The number of ketones is 1. The first-order valence-corrected chi connectivity index (χ1v) is 7.15. The average Bonchev–Trinajstić information content (AvgIpc) is 2.56. The lowest BCUT2D eigenvalue weighted by Gasteiger charge is -2.09. The van der Waals surface area contributed by atoms with Crippen LogP contribution in [0.25, 0.3) is 11.1 Å². The summed E-state index contributed by atoms with van der Waals surface area (Å²) < 4.78 is 0. The Labute approximate surface area is 133 Å². The van der Waals surface area contributed by atoms with Gasteiger partial charge in [0.05, 0.1) is 0 Å². The fourth-order valence-electron chi connectivity index (χ4n) is 2.24. The molecule has 0 bridgehead atoms. The van der Waals surface area contributed by atoms with Gasteiger partial charge >= 0.3 is 0 Å². The minimum Gasteiger partial charge on any atom is -0.384 e. The number of carbonyl (C=O) groups is 1. The standard InChI is InChI=1S/C18H13ClN2O/c19-14-8-6-12(7-9-14)15-10-11-16(20)21-17(15)18(22)13-4-2-1-3-5-13/h1-11H,(H2,20,21). The van der Waals surface area contributed by atoms with Gasteiger partial charge in [0.15, 0.2) is 0 Å². The van der Waals surface area contributed by atoms with E-state index < -0.39 is 0 Å². The summed E-state index contributed by atoms with van der Waals surface area (Å²) in [4.78, 5) is 17.0. The van der Waals surface area contributed by atoms with E-state index in [0.717, 1.165) is 11.1 Å². The van der Waals surface area contributed by atoms with E-state index in [1.165, 1.54) is 0 Å². The van der Waals surface area contributed by atoms with E-state index in [1.54, 1.807) is 30.3 Å². The third kappa shape index (κ3) is 2.85. The van der Waals surface area contributed by atoms with Crippen molar-refractivity contribution in [2.45, 2.75) is 0 Å². The number of aromatic nitrogens is 1. The zero-order valence-electron chi connectivity index (χ0n) is 11.7. The fourth-order valence-corrected chi connectivity index (χ4v) is 2.36. The Hall–Kier alpha value is -2.65. The zero-order chi connectivity index (χ0) is 15.5. The Balaban J connectivity index is 2.13. The van der Waals surface area contributed by atoms with Gasteiger partial charge in [-0.05, 0) is 29.8 Å². The van der Waals surface area contributed by atoms with Crippen LogP contribution >= 0.6 is 11.6 Å². The van der Waals surface area contributed by atoms with E-state index in [0.29, 0.717) is 22.1 Å². The van der Waals surface area contributed by atoms with Gasteiger partial charge in [0.25, 0.3) is 0 Å². The minimum atomic E-state index is -0.155. The van der Waals surface area contributed by atoms with Crippen molar-refractivity contribution < 1.29 is 4.79 Å². The number of hydrogen-bond donors (Lipinski definition) is 1. The van der Waals surface area contributed by atoms with Crippen LogP contribution in [0, 0.1) is 0 Å². The molecule has 0 saturated heterocycles. The zero-order valence-corrected chi connectivity index (χ0v) is 12.4. The Kier molecular flexibility index (Phi) is 3.90. The van der Waals surface area contributed by atoms with E-state index in [1.807, 2.05) is 36.4 Å². The topological polar surface area (TPSA) is 56.0 Å². The Morgan fingerprint density at radius 2 is 1.59 bits per heavy atom. The SMILES string of the molecule is Nc1ccc(-c2ccc(Cl)cc2)c(C(=O)c2ccccc2)n1. The van der Waals surface area contributed by atoms with Crippen LogP contribution in [0.4, 0.5) is 5.82 Å². The van der Waals surface area contributed by atoms with Crippen LogP contribution in [0.5, 0.6) is 0 Å². The first-order valence-electron chi connectivity index (χ1n) is 6.77. The number of anilines is 1. The first kappa shape index (κ1) is 14.3. The van der Waals surface area contributed by atoms with Gasteiger partial charge < -0.3 is 5.73 Å². The van der Waals surface area contributed by atoms with E-state index >= 15 is 0 Å². The monoisotopic (exact) mass is 308 g/mol. The largest absolute Gasteiger partial charge is 0.384 e. The van der Waals surface area contributed by atoms with Gasteiger partial charge in [-0.1, -0.05) is 54.1 Å². The second kappa shape index (κ2) is 6.00. The van der Waals surface area contributed by atoms with Crippen molar-refractivity contribution in [3.63, 3.8) is 0 Å². The second-order valence-electron chi connectivity index (χ2n) is 4.83. The van der Waals surface area contributed by atoms with Crippen LogP contribution < -0.4 is 5.73 Å². The molecule has 2 N–H and O–H groups in total. The molecule has 3 nitrogen and oxygen atoms in total. The van der Waals surface area contributed by atoms with Crippen molar-refractivity contribution in [3.05, 3.63) is 83.0 Å². The summed E-state index contributed by atoms with van der Waals surface area (Å²) in [6.07, 6.45) is 0. The highest BCUT2D eigenvalue weighted by Gasteiger charge is 2.16. The van der Waals surface area contributed by atoms with E-state index in [9.17, 15) is 4.79 Å². The molecule has 0 aliphatic carbocycles. The highest BCUT2D eigenvalue weighted by Crippen LogP contribution is 2.26. The molecule has 3 rings (SSSR count). The van der Waals surface area contributed by atoms with Crippen molar-refractivity contribution in [2.75, 3.05) is 5.73 Å². The van der Waals surface area contributed by atoms with Crippen LogP contribution in [-0.4, -0.2) is 10.8 Å². The highest BCUT2D eigenvalue weighted by molar-refractivity contribution is 6.30. The summed E-state index contributed by atoms with van der Waals surface area (Å²) >= 11 is 5.92. The number of benzene rings is 2. The fraction of sp³-hybridized carbons (Fsp3) is 0. The average molecular weight is 309 g/mol. The third-order valence-corrected chi connectivity index (χ3v) is 3.58. The maximum atomic E-state index is 12.7. The van der Waals surface area contributed by atoms with Gasteiger partial charge in [0, 0.05) is 16.1 Å². The number of rotatable bonds is 3. The molecule has 108 valence electrons. The number of hydrogen-bond acceptors (Lipinski definition) is 3. The van der Waals surface area contributed by atoms with Gasteiger partial charge in [-0.25, -0.2) is 4.98 Å². The lowest BCUT2D eigenvalue weighted by molar-refractivity contribution is 0.103. The quantitative estimate of drug-likeness (QED) is 0.737. The molecular formula is C18H13ClN2O. The van der Waals surface area contributed by atoms with E-state index in [-0.39, 0.29) is 5.78 Å². The van der Waals surface area contributed by atoms with Gasteiger partial charge in [0.1, 0.15) is 11.5 Å². The van der Waals surface area contributed by atoms with Crippen molar-refractivity contribution >= 4 is 23.2 Å². The maximum absolute atomic E-state index is 12.7. The van der Waals surface area contributed by atoms with Crippen molar-refractivity contribution in [2.24, 2.45) is 0 Å². The molecular weight excluding hydrogens is 296 g/mol. The van der Waals surface area contributed by atoms with Crippen molar-refractivity contribution in [1.29, 1.82) is 0 Å². The van der Waals surface area contributed by atoms with Gasteiger partial charge in [-0.15, -0.1) is 0 Å². The number of pyridine rings is 1. The predicted molar refractivity (Wildman–Crippen MR) is 89.0 cm³/mol. The molecule has 0 atom stereocenters. The molecule has 0 spiro atoms. The summed E-state index contributed by atoms with van der Waals surface area (Å²) in [5.41, 5.74) is 8.29.